The second-order valence-electron chi connectivity index (χ2n) is 4.62. The zero-order valence-electron chi connectivity index (χ0n) is 11.2. The van der Waals surface area contributed by atoms with Gasteiger partial charge >= 0.3 is 0 Å². The number of nitrogens with one attached hydrogen (secondary N) is 1. The molecule has 0 bridgehead atoms. The highest BCUT2D eigenvalue weighted by atomic mass is 35.5. The Balaban J connectivity index is 2.27. The zero-order valence-corrected chi connectivity index (χ0v) is 13.6. The van der Waals surface area contributed by atoms with Crippen LogP contribution >= 0.6 is 23.2 Å². The number of sulfonamides is 1. The van der Waals surface area contributed by atoms with E-state index in [-0.39, 0.29) is 27.2 Å². The van der Waals surface area contributed by atoms with E-state index < -0.39 is 10.0 Å². The molecule has 0 aliphatic heterocycles. The predicted octanol–water partition coefficient (Wildman–Crippen LogP) is 3.36. The topological polar surface area (TPSA) is 72.2 Å². The highest BCUT2D eigenvalue weighted by Crippen LogP contribution is 2.31. The number of aryl methyl sites for hydroxylation is 1. The van der Waals surface area contributed by atoms with Crippen LogP contribution in [0.1, 0.15) is 11.1 Å². The lowest BCUT2D eigenvalue weighted by molar-refractivity contribution is 0.582. The molecule has 0 atom stereocenters. The largest absolute Gasteiger partial charge is 0.398 e. The monoisotopic (exact) mass is 344 g/mol. The first kappa shape index (κ1) is 16.1. The van der Waals surface area contributed by atoms with Gasteiger partial charge in [-0.15, -0.1) is 0 Å². The van der Waals surface area contributed by atoms with E-state index in [0.717, 1.165) is 11.1 Å². The Morgan fingerprint density at radius 2 is 1.90 bits per heavy atom. The van der Waals surface area contributed by atoms with Crippen LogP contribution in [0.25, 0.3) is 0 Å². The molecule has 0 spiro atoms. The van der Waals surface area contributed by atoms with E-state index in [9.17, 15) is 8.42 Å². The van der Waals surface area contributed by atoms with Crippen molar-refractivity contribution >= 4 is 38.9 Å². The van der Waals surface area contributed by atoms with Crippen molar-refractivity contribution in [1.82, 2.24) is 4.72 Å². The van der Waals surface area contributed by atoms with Crippen LogP contribution in [-0.4, -0.2) is 8.42 Å². The first-order valence-corrected chi connectivity index (χ1v) is 8.33. The van der Waals surface area contributed by atoms with Crippen LogP contribution in [0.5, 0.6) is 0 Å². The summed E-state index contributed by atoms with van der Waals surface area (Å²) in [6, 6.07) is 10.2. The van der Waals surface area contributed by atoms with Crippen LogP contribution < -0.4 is 10.5 Å². The van der Waals surface area contributed by atoms with Crippen molar-refractivity contribution in [2.75, 3.05) is 5.73 Å². The normalized spacial score (nSPS) is 11.6. The summed E-state index contributed by atoms with van der Waals surface area (Å²) in [5, 5.41) is 0.284. The third kappa shape index (κ3) is 3.89. The summed E-state index contributed by atoms with van der Waals surface area (Å²) in [7, 11) is -3.82. The second kappa shape index (κ2) is 6.23. The molecular formula is C14H14Cl2N2O2S. The van der Waals surface area contributed by atoms with Gasteiger partial charge in [0, 0.05) is 11.6 Å². The summed E-state index contributed by atoms with van der Waals surface area (Å²) in [6.07, 6.45) is 0. The van der Waals surface area contributed by atoms with E-state index in [1.165, 1.54) is 12.1 Å². The molecule has 112 valence electrons. The second-order valence-corrected chi connectivity index (χ2v) is 7.17. The fourth-order valence-electron chi connectivity index (χ4n) is 1.94. The highest BCUT2D eigenvalue weighted by molar-refractivity contribution is 7.89. The predicted molar refractivity (Wildman–Crippen MR) is 86.1 cm³/mol. The number of hydrogen-bond acceptors (Lipinski definition) is 3. The molecule has 2 aromatic carbocycles. The smallest absolute Gasteiger partial charge is 0.244 e. The minimum Gasteiger partial charge on any atom is -0.398 e. The molecule has 4 nitrogen and oxygen atoms in total. The fraction of sp³-hybridized carbons (Fsp3) is 0.143. The van der Waals surface area contributed by atoms with Gasteiger partial charge in [0.15, 0.2) is 0 Å². The van der Waals surface area contributed by atoms with Gasteiger partial charge in [0.1, 0.15) is 4.90 Å². The first-order chi connectivity index (χ1) is 9.79. The Labute approximate surface area is 133 Å². The van der Waals surface area contributed by atoms with E-state index >= 15 is 0 Å². The van der Waals surface area contributed by atoms with Crippen LogP contribution in [0.3, 0.4) is 0 Å². The van der Waals surface area contributed by atoms with Gasteiger partial charge in [-0.1, -0.05) is 53.0 Å². The quantitative estimate of drug-likeness (QED) is 0.835. The maximum atomic E-state index is 12.3. The molecule has 2 aromatic rings. The van der Waals surface area contributed by atoms with Gasteiger partial charge in [-0.2, -0.15) is 0 Å². The van der Waals surface area contributed by atoms with Crippen LogP contribution in [0.4, 0.5) is 5.69 Å². The molecule has 0 radical (unpaired) electrons. The van der Waals surface area contributed by atoms with Crippen LogP contribution in [-0.2, 0) is 16.6 Å². The average Bonchev–Trinajstić information content (AvgIpc) is 2.35. The Morgan fingerprint density at radius 1 is 1.19 bits per heavy atom. The van der Waals surface area contributed by atoms with Gasteiger partial charge in [-0.3, -0.25) is 0 Å². The molecule has 0 aliphatic carbocycles. The minimum atomic E-state index is -3.82. The molecular weight excluding hydrogens is 331 g/mol. The summed E-state index contributed by atoms with van der Waals surface area (Å²) in [4.78, 5) is -0.152. The number of anilines is 1. The van der Waals surface area contributed by atoms with Crippen molar-refractivity contribution in [3.63, 3.8) is 0 Å². The molecule has 0 saturated heterocycles. The van der Waals surface area contributed by atoms with Gasteiger partial charge in [-0.05, 0) is 24.6 Å². The summed E-state index contributed by atoms with van der Waals surface area (Å²) < 4.78 is 27.1. The molecule has 0 amide bonds. The van der Waals surface area contributed by atoms with E-state index in [0.29, 0.717) is 0 Å². The molecule has 7 heteroatoms. The molecule has 3 N–H and O–H groups in total. The van der Waals surface area contributed by atoms with Crippen molar-refractivity contribution in [3.05, 3.63) is 57.6 Å². The zero-order chi connectivity index (χ0) is 15.6. The van der Waals surface area contributed by atoms with Gasteiger partial charge < -0.3 is 5.73 Å². The summed E-state index contributed by atoms with van der Waals surface area (Å²) >= 11 is 11.7. The van der Waals surface area contributed by atoms with Gasteiger partial charge in [0.2, 0.25) is 10.0 Å². The lowest BCUT2D eigenvalue weighted by Crippen LogP contribution is -2.24. The third-order valence-electron chi connectivity index (χ3n) is 2.85. The summed E-state index contributed by atoms with van der Waals surface area (Å²) in [6.45, 7) is 2.09. The molecule has 0 aromatic heterocycles. The number of halogens is 2. The van der Waals surface area contributed by atoms with Crippen molar-refractivity contribution in [2.45, 2.75) is 18.4 Å². The van der Waals surface area contributed by atoms with Gasteiger partial charge in [0.05, 0.1) is 10.7 Å². The van der Waals surface area contributed by atoms with E-state index in [1.807, 2.05) is 31.2 Å². The molecule has 0 fully saturated rings. The Hall–Kier alpha value is -1.27. The van der Waals surface area contributed by atoms with E-state index in [4.69, 9.17) is 28.9 Å². The number of benzene rings is 2. The lowest BCUT2D eigenvalue weighted by Gasteiger charge is -2.11. The summed E-state index contributed by atoms with van der Waals surface area (Å²) in [5.74, 6) is 0. The Morgan fingerprint density at radius 3 is 2.52 bits per heavy atom. The Bertz CT molecular complexity index is 753. The average molecular weight is 345 g/mol. The third-order valence-corrected chi connectivity index (χ3v) is 5.00. The fourth-order valence-corrected chi connectivity index (χ4v) is 3.94. The van der Waals surface area contributed by atoms with Crippen LogP contribution in [0, 0.1) is 6.92 Å². The molecule has 21 heavy (non-hydrogen) atoms. The maximum absolute atomic E-state index is 12.3. The van der Waals surface area contributed by atoms with Crippen LogP contribution in [0.2, 0.25) is 10.0 Å². The molecule has 0 unspecified atom stereocenters. The molecule has 0 saturated carbocycles. The standard InChI is InChI=1S/C14H14Cl2N2O2S/c1-9-3-2-4-10(5-9)8-18-21(19,20)14-12(16)6-11(15)7-13(14)17/h2-7,18H,8,17H2,1H3. The highest BCUT2D eigenvalue weighted by Gasteiger charge is 2.21. The molecule has 2 rings (SSSR count). The van der Waals surface area contributed by atoms with E-state index in [1.54, 1.807) is 0 Å². The number of hydrogen-bond donors (Lipinski definition) is 2. The maximum Gasteiger partial charge on any atom is 0.244 e. The summed E-state index contributed by atoms with van der Waals surface area (Å²) in [5.41, 5.74) is 7.63. The Kier molecular flexibility index (Phi) is 4.78. The first-order valence-electron chi connectivity index (χ1n) is 6.09. The van der Waals surface area contributed by atoms with Crippen LogP contribution in [0.15, 0.2) is 41.3 Å². The number of rotatable bonds is 4. The van der Waals surface area contributed by atoms with Crippen molar-refractivity contribution < 1.29 is 8.42 Å². The van der Waals surface area contributed by atoms with Crippen molar-refractivity contribution in [1.29, 1.82) is 0 Å². The SMILES string of the molecule is Cc1cccc(CNS(=O)(=O)c2c(N)cc(Cl)cc2Cl)c1. The van der Waals surface area contributed by atoms with Crippen molar-refractivity contribution in [2.24, 2.45) is 0 Å². The van der Waals surface area contributed by atoms with E-state index in [2.05, 4.69) is 4.72 Å². The number of nitrogen functional groups attached to an aromatic ring is 1. The lowest BCUT2D eigenvalue weighted by atomic mass is 10.1. The molecule has 0 heterocycles. The van der Waals surface area contributed by atoms with Gasteiger partial charge in [-0.25, -0.2) is 13.1 Å². The molecule has 0 aliphatic rings. The minimum absolute atomic E-state index is 0.00302. The van der Waals surface area contributed by atoms with Crippen molar-refractivity contribution in [3.8, 4) is 0 Å². The number of nitrogens with two attached hydrogens (primary N) is 1. The van der Waals surface area contributed by atoms with Gasteiger partial charge in [0.25, 0.3) is 0 Å².